The molecule has 0 aliphatic rings. The van der Waals surface area contributed by atoms with E-state index in [0.717, 1.165) is 24.2 Å². The molecule has 0 spiro atoms. The number of anilines is 1. The number of hydrogen-bond donors (Lipinski definition) is 2. The van der Waals surface area contributed by atoms with Crippen LogP contribution in [0.5, 0.6) is 0 Å². The summed E-state index contributed by atoms with van der Waals surface area (Å²) in [7, 11) is 1.89. The molecule has 20 heavy (non-hydrogen) atoms. The van der Waals surface area contributed by atoms with E-state index in [-0.39, 0.29) is 24.4 Å². The molecule has 0 atom stereocenters. The van der Waals surface area contributed by atoms with Gasteiger partial charge in [0.2, 0.25) is 5.91 Å². The van der Waals surface area contributed by atoms with E-state index in [4.69, 9.17) is 4.74 Å². The smallest absolute Gasteiger partial charge is 0.224 e. The van der Waals surface area contributed by atoms with E-state index in [9.17, 15) is 4.79 Å². The van der Waals surface area contributed by atoms with Crippen LogP contribution in [0.1, 0.15) is 32.3 Å². The fraction of sp³-hybridized carbons (Fsp3) is 0.533. The zero-order chi connectivity index (χ0) is 14.1. The summed E-state index contributed by atoms with van der Waals surface area (Å²) in [5.41, 5.74) is 1.90. The van der Waals surface area contributed by atoms with Crippen molar-refractivity contribution in [3.63, 3.8) is 0 Å². The first kappa shape index (κ1) is 18.9. The Morgan fingerprint density at radius 1 is 1.35 bits per heavy atom. The molecule has 1 amide bonds. The van der Waals surface area contributed by atoms with Crippen molar-refractivity contribution in [1.82, 2.24) is 5.32 Å². The quantitative estimate of drug-likeness (QED) is 0.726. The van der Waals surface area contributed by atoms with Crippen LogP contribution in [0.4, 0.5) is 5.69 Å². The Bertz CT molecular complexity index is 397. The molecule has 114 valence electrons. The van der Waals surface area contributed by atoms with E-state index in [2.05, 4.69) is 10.6 Å². The van der Waals surface area contributed by atoms with Gasteiger partial charge in [-0.2, -0.15) is 0 Å². The number of nitrogens with one attached hydrogen (secondary N) is 2. The zero-order valence-corrected chi connectivity index (χ0v) is 13.3. The second-order valence-corrected chi connectivity index (χ2v) is 4.82. The van der Waals surface area contributed by atoms with Crippen molar-refractivity contribution < 1.29 is 9.53 Å². The standard InChI is InChI=1S/C15H24N2O2.ClH/c1-12(2)19-11-13-6-4-7-14(10-13)17-15(18)8-5-9-16-3;/h4,6-7,10,12,16H,5,8-9,11H2,1-3H3,(H,17,18);1H. The van der Waals surface area contributed by atoms with Gasteiger partial charge in [0.15, 0.2) is 0 Å². The second kappa shape index (κ2) is 10.7. The van der Waals surface area contributed by atoms with Gasteiger partial charge in [-0.15, -0.1) is 12.4 Å². The van der Waals surface area contributed by atoms with Gasteiger partial charge in [-0.25, -0.2) is 0 Å². The summed E-state index contributed by atoms with van der Waals surface area (Å²) in [4.78, 5) is 11.7. The number of amides is 1. The third-order valence-corrected chi connectivity index (χ3v) is 2.62. The summed E-state index contributed by atoms with van der Waals surface area (Å²) in [6.45, 7) is 5.44. The van der Waals surface area contributed by atoms with Crippen molar-refractivity contribution in [3.8, 4) is 0 Å². The number of hydrogen-bond acceptors (Lipinski definition) is 3. The van der Waals surface area contributed by atoms with Crippen LogP contribution in [0, 0.1) is 0 Å². The van der Waals surface area contributed by atoms with Gasteiger partial charge >= 0.3 is 0 Å². The Morgan fingerprint density at radius 2 is 2.10 bits per heavy atom. The molecule has 0 heterocycles. The Balaban J connectivity index is 0.00000361. The molecule has 2 N–H and O–H groups in total. The molecule has 0 unspecified atom stereocenters. The van der Waals surface area contributed by atoms with Gasteiger partial charge < -0.3 is 15.4 Å². The lowest BCUT2D eigenvalue weighted by Crippen LogP contribution is -2.15. The molecule has 0 aliphatic heterocycles. The van der Waals surface area contributed by atoms with E-state index >= 15 is 0 Å². The third-order valence-electron chi connectivity index (χ3n) is 2.62. The van der Waals surface area contributed by atoms with Gasteiger partial charge in [-0.1, -0.05) is 12.1 Å². The van der Waals surface area contributed by atoms with Crippen LogP contribution in [-0.4, -0.2) is 25.6 Å². The maximum Gasteiger partial charge on any atom is 0.224 e. The maximum absolute atomic E-state index is 11.7. The molecule has 1 rings (SSSR count). The number of ether oxygens (including phenoxy) is 1. The highest BCUT2D eigenvalue weighted by Gasteiger charge is 2.03. The normalized spacial score (nSPS) is 10.2. The van der Waals surface area contributed by atoms with E-state index < -0.39 is 0 Å². The third kappa shape index (κ3) is 8.15. The highest BCUT2D eigenvalue weighted by Crippen LogP contribution is 2.12. The average Bonchev–Trinajstić information content (AvgIpc) is 2.37. The second-order valence-electron chi connectivity index (χ2n) is 4.82. The molecule has 1 aromatic rings. The molecule has 1 aromatic carbocycles. The van der Waals surface area contributed by atoms with Crippen molar-refractivity contribution in [1.29, 1.82) is 0 Å². The van der Waals surface area contributed by atoms with Crippen LogP contribution in [0.15, 0.2) is 24.3 Å². The molecule has 0 saturated carbocycles. The summed E-state index contributed by atoms with van der Waals surface area (Å²) < 4.78 is 5.55. The van der Waals surface area contributed by atoms with E-state index in [0.29, 0.717) is 13.0 Å². The summed E-state index contributed by atoms with van der Waals surface area (Å²) >= 11 is 0. The predicted octanol–water partition coefficient (Wildman–Crippen LogP) is 2.97. The van der Waals surface area contributed by atoms with Crippen LogP contribution in [0.2, 0.25) is 0 Å². The van der Waals surface area contributed by atoms with Gasteiger partial charge in [0.05, 0.1) is 12.7 Å². The Morgan fingerprint density at radius 3 is 2.75 bits per heavy atom. The average molecular weight is 301 g/mol. The van der Waals surface area contributed by atoms with Gasteiger partial charge in [0.25, 0.3) is 0 Å². The zero-order valence-electron chi connectivity index (χ0n) is 12.4. The lowest BCUT2D eigenvalue weighted by Gasteiger charge is -2.10. The van der Waals surface area contributed by atoms with Crippen molar-refractivity contribution in [2.45, 2.75) is 39.4 Å². The maximum atomic E-state index is 11.7. The topological polar surface area (TPSA) is 50.4 Å². The molecule has 5 heteroatoms. The number of carbonyl (C=O) groups is 1. The fourth-order valence-electron chi connectivity index (χ4n) is 1.65. The number of rotatable bonds is 8. The SMILES string of the molecule is CNCCCC(=O)Nc1cccc(COC(C)C)c1.Cl. The number of benzene rings is 1. The van der Waals surface area contributed by atoms with E-state index in [1.807, 2.05) is 45.2 Å². The molecule has 0 bridgehead atoms. The Hall–Kier alpha value is -1.10. The first-order valence-corrected chi connectivity index (χ1v) is 6.77. The minimum absolute atomic E-state index is 0. The number of halogens is 1. The molecular weight excluding hydrogens is 276 g/mol. The summed E-state index contributed by atoms with van der Waals surface area (Å²) in [5, 5.41) is 5.93. The predicted molar refractivity (Wildman–Crippen MR) is 85.4 cm³/mol. The number of carbonyl (C=O) groups excluding carboxylic acids is 1. The highest BCUT2D eigenvalue weighted by molar-refractivity contribution is 5.90. The van der Waals surface area contributed by atoms with Crippen LogP contribution in [-0.2, 0) is 16.1 Å². The van der Waals surface area contributed by atoms with Gasteiger partial charge in [-0.05, 0) is 51.6 Å². The largest absolute Gasteiger partial charge is 0.374 e. The molecule has 4 nitrogen and oxygen atoms in total. The summed E-state index contributed by atoms with van der Waals surface area (Å²) in [6, 6.07) is 7.79. The Labute approximate surface area is 127 Å². The first-order valence-electron chi connectivity index (χ1n) is 6.77. The van der Waals surface area contributed by atoms with E-state index in [1.165, 1.54) is 0 Å². The molecule has 0 aromatic heterocycles. The molecule has 0 radical (unpaired) electrons. The van der Waals surface area contributed by atoms with Crippen molar-refractivity contribution in [2.24, 2.45) is 0 Å². The van der Waals surface area contributed by atoms with Crippen LogP contribution < -0.4 is 10.6 Å². The van der Waals surface area contributed by atoms with E-state index in [1.54, 1.807) is 0 Å². The van der Waals surface area contributed by atoms with Crippen molar-refractivity contribution in [2.75, 3.05) is 18.9 Å². The van der Waals surface area contributed by atoms with Gasteiger partial charge in [0.1, 0.15) is 0 Å². The fourth-order valence-corrected chi connectivity index (χ4v) is 1.65. The first-order chi connectivity index (χ1) is 9.11. The lowest BCUT2D eigenvalue weighted by atomic mass is 10.2. The molecular formula is C15H25ClN2O2. The summed E-state index contributed by atoms with van der Waals surface area (Å²) in [6.07, 6.45) is 1.59. The van der Waals surface area contributed by atoms with Gasteiger partial charge in [0, 0.05) is 12.1 Å². The van der Waals surface area contributed by atoms with Crippen LogP contribution in [0.25, 0.3) is 0 Å². The van der Waals surface area contributed by atoms with Gasteiger partial charge in [-0.3, -0.25) is 4.79 Å². The molecule has 0 aliphatic carbocycles. The highest BCUT2D eigenvalue weighted by atomic mass is 35.5. The minimum Gasteiger partial charge on any atom is -0.374 e. The van der Waals surface area contributed by atoms with Crippen molar-refractivity contribution in [3.05, 3.63) is 29.8 Å². The summed E-state index contributed by atoms with van der Waals surface area (Å²) in [5.74, 6) is 0.0529. The van der Waals surface area contributed by atoms with Crippen LogP contribution in [0.3, 0.4) is 0 Å². The molecule has 0 fully saturated rings. The Kier molecular flexibility index (Phi) is 10.1. The lowest BCUT2D eigenvalue weighted by molar-refractivity contribution is -0.116. The van der Waals surface area contributed by atoms with Crippen molar-refractivity contribution >= 4 is 24.0 Å². The minimum atomic E-state index is 0. The van der Waals surface area contributed by atoms with Crippen LogP contribution >= 0.6 is 12.4 Å². The molecule has 0 saturated heterocycles. The monoisotopic (exact) mass is 300 g/mol.